The van der Waals surface area contributed by atoms with Crippen LogP contribution in [-0.2, 0) is 6.42 Å². The van der Waals surface area contributed by atoms with E-state index in [4.69, 9.17) is 5.84 Å². The molecular weight excluding hydrogens is 214 g/mol. The Hall–Kier alpha value is -1.94. The van der Waals surface area contributed by atoms with Gasteiger partial charge in [-0.3, -0.25) is 15.2 Å². The number of fused-ring (bicyclic) bond motifs is 1. The monoisotopic (exact) mass is 229 g/mol. The van der Waals surface area contributed by atoms with Crippen LogP contribution >= 0.6 is 0 Å². The maximum Gasteiger partial charge on any atom is 0.265 e. The number of carbonyl (C=O) groups is 1. The molecule has 88 valence electrons. The van der Waals surface area contributed by atoms with Crippen LogP contribution < -0.4 is 11.3 Å². The van der Waals surface area contributed by atoms with Crippen molar-refractivity contribution in [2.24, 2.45) is 5.84 Å². The maximum atomic E-state index is 11.7. The molecule has 0 radical (unpaired) electrons. The highest BCUT2D eigenvalue weighted by Crippen LogP contribution is 2.18. The molecule has 0 spiro atoms. The number of hydrazine groups is 1. The summed E-state index contributed by atoms with van der Waals surface area (Å²) in [5, 5.41) is 0.829. The summed E-state index contributed by atoms with van der Waals surface area (Å²) in [6, 6.07) is 9.39. The topological polar surface area (TPSA) is 68.0 Å². The summed E-state index contributed by atoms with van der Waals surface area (Å²) in [5.74, 6) is 4.92. The van der Waals surface area contributed by atoms with Crippen LogP contribution in [0, 0.1) is 0 Å². The summed E-state index contributed by atoms with van der Waals surface area (Å²) >= 11 is 0. The Balaban J connectivity index is 2.64. The molecule has 1 aromatic carbocycles. The van der Waals surface area contributed by atoms with Crippen LogP contribution in [0.15, 0.2) is 30.3 Å². The lowest BCUT2D eigenvalue weighted by molar-refractivity contribution is 0.0955. The van der Waals surface area contributed by atoms with Crippen molar-refractivity contribution in [1.29, 1.82) is 0 Å². The molecule has 0 aliphatic carbocycles. The van der Waals surface area contributed by atoms with Crippen molar-refractivity contribution >= 4 is 16.8 Å². The molecular formula is C13H15N3O. The molecule has 0 aliphatic heterocycles. The van der Waals surface area contributed by atoms with E-state index in [-0.39, 0.29) is 5.91 Å². The largest absolute Gasteiger partial charge is 0.290 e. The number of hydrogen-bond acceptors (Lipinski definition) is 3. The standard InChI is InChI=1S/C13H15N3O/c1-2-5-9-8-11(13(17)16-14)10-6-3-4-7-12(10)15-9/h3-4,6-8H,2,5,14H2,1H3,(H,16,17). The minimum Gasteiger partial charge on any atom is -0.290 e. The number of benzene rings is 1. The Morgan fingerprint density at radius 2 is 2.18 bits per heavy atom. The zero-order valence-corrected chi connectivity index (χ0v) is 9.73. The molecule has 4 nitrogen and oxygen atoms in total. The van der Waals surface area contributed by atoms with E-state index < -0.39 is 0 Å². The Labute approximate surface area is 99.8 Å². The summed E-state index contributed by atoms with van der Waals surface area (Å²) in [7, 11) is 0. The van der Waals surface area contributed by atoms with Gasteiger partial charge in [-0.15, -0.1) is 0 Å². The Kier molecular flexibility index (Phi) is 3.35. The SMILES string of the molecule is CCCc1cc(C(=O)NN)c2ccccc2n1. The number of aromatic nitrogens is 1. The maximum absolute atomic E-state index is 11.7. The third-order valence-corrected chi connectivity index (χ3v) is 2.65. The summed E-state index contributed by atoms with van der Waals surface area (Å²) in [6.07, 6.45) is 1.85. The first-order valence-corrected chi connectivity index (χ1v) is 5.66. The number of nitrogens with two attached hydrogens (primary N) is 1. The average Bonchev–Trinajstić information content (AvgIpc) is 2.37. The van der Waals surface area contributed by atoms with Gasteiger partial charge in [-0.05, 0) is 18.6 Å². The quantitative estimate of drug-likeness (QED) is 0.479. The molecule has 2 aromatic rings. The third-order valence-electron chi connectivity index (χ3n) is 2.65. The first-order valence-electron chi connectivity index (χ1n) is 5.66. The zero-order chi connectivity index (χ0) is 12.3. The molecule has 1 heterocycles. The van der Waals surface area contributed by atoms with Crippen LogP contribution in [0.2, 0.25) is 0 Å². The predicted octanol–water partition coefficient (Wildman–Crippen LogP) is 1.79. The number of amides is 1. The van der Waals surface area contributed by atoms with Gasteiger partial charge in [0.15, 0.2) is 0 Å². The summed E-state index contributed by atoms with van der Waals surface area (Å²) < 4.78 is 0. The van der Waals surface area contributed by atoms with Crippen molar-refractivity contribution in [3.8, 4) is 0 Å². The number of pyridine rings is 1. The fraction of sp³-hybridized carbons (Fsp3) is 0.231. The lowest BCUT2D eigenvalue weighted by Gasteiger charge is -2.07. The van der Waals surface area contributed by atoms with Crippen molar-refractivity contribution in [2.75, 3.05) is 0 Å². The lowest BCUT2D eigenvalue weighted by Crippen LogP contribution is -2.30. The Morgan fingerprint density at radius 1 is 1.41 bits per heavy atom. The number of rotatable bonds is 3. The number of hydrogen-bond donors (Lipinski definition) is 2. The van der Waals surface area contributed by atoms with E-state index in [0.717, 1.165) is 29.4 Å². The van der Waals surface area contributed by atoms with E-state index in [1.807, 2.05) is 30.3 Å². The van der Waals surface area contributed by atoms with Gasteiger partial charge < -0.3 is 0 Å². The minimum atomic E-state index is -0.277. The Morgan fingerprint density at radius 3 is 2.88 bits per heavy atom. The van der Waals surface area contributed by atoms with E-state index in [2.05, 4.69) is 17.3 Å². The molecule has 0 unspecified atom stereocenters. The van der Waals surface area contributed by atoms with E-state index in [1.54, 1.807) is 0 Å². The molecule has 1 aromatic heterocycles. The molecule has 0 atom stereocenters. The van der Waals surface area contributed by atoms with E-state index in [1.165, 1.54) is 0 Å². The average molecular weight is 229 g/mol. The van der Waals surface area contributed by atoms with Crippen molar-refractivity contribution in [3.63, 3.8) is 0 Å². The number of nitrogen functional groups attached to an aromatic ring is 1. The second kappa shape index (κ2) is 4.93. The second-order valence-corrected chi connectivity index (χ2v) is 3.90. The van der Waals surface area contributed by atoms with Crippen LogP contribution in [0.4, 0.5) is 0 Å². The minimum absolute atomic E-state index is 0.277. The highest BCUT2D eigenvalue weighted by atomic mass is 16.2. The first-order chi connectivity index (χ1) is 8.26. The van der Waals surface area contributed by atoms with Gasteiger partial charge in [0.2, 0.25) is 0 Å². The van der Waals surface area contributed by atoms with Crippen molar-refractivity contribution in [1.82, 2.24) is 10.4 Å². The predicted molar refractivity (Wildman–Crippen MR) is 67.4 cm³/mol. The first kappa shape index (κ1) is 11.5. The number of aryl methyl sites for hydroxylation is 1. The van der Waals surface area contributed by atoms with Gasteiger partial charge in [-0.1, -0.05) is 31.5 Å². The number of carbonyl (C=O) groups excluding carboxylic acids is 1. The van der Waals surface area contributed by atoms with Gasteiger partial charge in [0, 0.05) is 11.1 Å². The number of para-hydroxylation sites is 1. The van der Waals surface area contributed by atoms with Crippen LogP contribution in [0.5, 0.6) is 0 Å². The highest BCUT2D eigenvalue weighted by Gasteiger charge is 2.11. The van der Waals surface area contributed by atoms with Gasteiger partial charge >= 0.3 is 0 Å². The highest BCUT2D eigenvalue weighted by molar-refractivity contribution is 6.05. The molecule has 1 amide bonds. The third kappa shape index (κ3) is 2.26. The summed E-state index contributed by atoms with van der Waals surface area (Å²) in [5.41, 5.74) is 4.51. The van der Waals surface area contributed by atoms with Crippen molar-refractivity contribution in [3.05, 3.63) is 41.6 Å². The smallest absolute Gasteiger partial charge is 0.265 e. The summed E-state index contributed by atoms with van der Waals surface area (Å²) in [6.45, 7) is 2.08. The van der Waals surface area contributed by atoms with E-state index in [0.29, 0.717) is 5.56 Å². The van der Waals surface area contributed by atoms with Crippen LogP contribution in [0.1, 0.15) is 29.4 Å². The van der Waals surface area contributed by atoms with Gasteiger partial charge in [0.05, 0.1) is 11.1 Å². The van der Waals surface area contributed by atoms with Gasteiger partial charge in [-0.2, -0.15) is 0 Å². The molecule has 0 aliphatic rings. The molecule has 0 saturated heterocycles. The molecule has 17 heavy (non-hydrogen) atoms. The second-order valence-electron chi connectivity index (χ2n) is 3.90. The van der Waals surface area contributed by atoms with E-state index >= 15 is 0 Å². The van der Waals surface area contributed by atoms with Crippen molar-refractivity contribution < 1.29 is 4.79 Å². The molecule has 2 rings (SSSR count). The number of nitrogens with zero attached hydrogens (tertiary/aromatic N) is 1. The lowest BCUT2D eigenvalue weighted by atomic mass is 10.1. The Bertz CT molecular complexity index is 551. The molecule has 0 bridgehead atoms. The number of nitrogens with one attached hydrogen (secondary N) is 1. The summed E-state index contributed by atoms with van der Waals surface area (Å²) in [4.78, 5) is 16.2. The van der Waals surface area contributed by atoms with E-state index in [9.17, 15) is 4.79 Å². The van der Waals surface area contributed by atoms with Gasteiger partial charge in [0.25, 0.3) is 5.91 Å². The fourth-order valence-electron chi connectivity index (χ4n) is 1.88. The van der Waals surface area contributed by atoms with Crippen LogP contribution in [0.3, 0.4) is 0 Å². The molecule has 0 fully saturated rings. The molecule has 3 N–H and O–H groups in total. The zero-order valence-electron chi connectivity index (χ0n) is 9.73. The van der Waals surface area contributed by atoms with Gasteiger partial charge in [-0.25, -0.2) is 5.84 Å². The van der Waals surface area contributed by atoms with Gasteiger partial charge in [0.1, 0.15) is 0 Å². The molecule has 0 saturated carbocycles. The van der Waals surface area contributed by atoms with Crippen LogP contribution in [-0.4, -0.2) is 10.9 Å². The van der Waals surface area contributed by atoms with Crippen molar-refractivity contribution in [2.45, 2.75) is 19.8 Å². The normalized spacial score (nSPS) is 10.5. The van der Waals surface area contributed by atoms with Crippen LogP contribution in [0.25, 0.3) is 10.9 Å². The fourth-order valence-corrected chi connectivity index (χ4v) is 1.88. The molecule has 4 heteroatoms.